The van der Waals surface area contributed by atoms with Gasteiger partial charge < -0.3 is 14.8 Å². The largest absolute Gasteiger partial charge is 0.378 e. The Kier molecular flexibility index (Phi) is 4.73. The predicted molar refractivity (Wildman–Crippen MR) is 100 cm³/mol. The van der Waals surface area contributed by atoms with Gasteiger partial charge in [0.2, 0.25) is 5.95 Å². The fourth-order valence-corrected chi connectivity index (χ4v) is 2.67. The molecule has 0 unspecified atom stereocenters. The lowest BCUT2D eigenvalue weighted by atomic mass is 10.1. The molecule has 128 valence electrons. The van der Waals surface area contributed by atoms with Crippen LogP contribution in [-0.4, -0.2) is 43.1 Å². The molecular formula is C20H21FN4. The number of H-pyrrole nitrogens is 1. The van der Waals surface area contributed by atoms with Crippen molar-refractivity contribution < 1.29 is 4.39 Å². The molecule has 0 amide bonds. The second kappa shape index (κ2) is 6.96. The van der Waals surface area contributed by atoms with Gasteiger partial charge in [0, 0.05) is 42.8 Å². The van der Waals surface area contributed by atoms with E-state index in [9.17, 15) is 4.39 Å². The van der Waals surface area contributed by atoms with E-state index in [0.717, 1.165) is 27.9 Å². The SMILES string of the molecule is CN(C)Cc1c(C#Cc2ccc(N(C)C)cc2)[nH]c2nc(F)ccc12. The fourth-order valence-electron chi connectivity index (χ4n) is 2.67. The average molecular weight is 336 g/mol. The number of hydrogen-bond donors (Lipinski definition) is 1. The number of pyridine rings is 1. The molecule has 0 fully saturated rings. The molecule has 2 heterocycles. The second-order valence-corrected chi connectivity index (χ2v) is 6.44. The van der Waals surface area contributed by atoms with Crippen LogP contribution in [0.4, 0.5) is 10.1 Å². The van der Waals surface area contributed by atoms with Crippen LogP contribution < -0.4 is 4.90 Å². The van der Waals surface area contributed by atoms with Crippen molar-refractivity contribution in [3.05, 3.63) is 59.2 Å². The maximum absolute atomic E-state index is 13.4. The van der Waals surface area contributed by atoms with E-state index in [-0.39, 0.29) is 0 Å². The lowest BCUT2D eigenvalue weighted by Crippen LogP contribution is -2.11. The molecule has 4 nitrogen and oxygen atoms in total. The summed E-state index contributed by atoms with van der Waals surface area (Å²) >= 11 is 0. The number of halogens is 1. The Labute approximate surface area is 147 Å². The molecule has 1 N–H and O–H groups in total. The Balaban J connectivity index is 2.00. The highest BCUT2D eigenvalue weighted by Gasteiger charge is 2.12. The lowest BCUT2D eigenvalue weighted by Gasteiger charge is -2.11. The summed E-state index contributed by atoms with van der Waals surface area (Å²) in [6, 6.07) is 11.2. The number of aromatic amines is 1. The van der Waals surface area contributed by atoms with Crippen LogP contribution in [0.15, 0.2) is 36.4 Å². The predicted octanol–water partition coefficient (Wildman–Crippen LogP) is 3.23. The van der Waals surface area contributed by atoms with Crippen molar-refractivity contribution in [1.29, 1.82) is 0 Å². The van der Waals surface area contributed by atoms with Gasteiger partial charge in [0.1, 0.15) is 5.65 Å². The standard InChI is InChI=1S/C20H21FN4/c1-24(2)13-17-16-10-12-19(21)23-20(16)22-18(17)11-7-14-5-8-15(9-6-14)25(3)4/h5-6,8-10,12H,13H2,1-4H3,(H,22,23). The summed E-state index contributed by atoms with van der Waals surface area (Å²) in [4.78, 5) is 11.2. The minimum Gasteiger partial charge on any atom is -0.378 e. The molecule has 3 aromatic rings. The smallest absolute Gasteiger partial charge is 0.214 e. The molecule has 25 heavy (non-hydrogen) atoms. The number of hydrogen-bond acceptors (Lipinski definition) is 3. The van der Waals surface area contributed by atoms with Gasteiger partial charge in [0.05, 0.1) is 5.69 Å². The fraction of sp³-hybridized carbons (Fsp3) is 0.250. The number of nitrogens with zero attached hydrogens (tertiary/aromatic N) is 3. The van der Waals surface area contributed by atoms with Crippen LogP contribution in [0, 0.1) is 17.8 Å². The van der Waals surface area contributed by atoms with E-state index in [2.05, 4.69) is 26.7 Å². The number of fused-ring (bicyclic) bond motifs is 1. The molecule has 0 radical (unpaired) electrons. The molecule has 0 saturated carbocycles. The Morgan fingerprint density at radius 2 is 1.72 bits per heavy atom. The minimum atomic E-state index is -0.496. The number of nitrogens with one attached hydrogen (secondary N) is 1. The van der Waals surface area contributed by atoms with Crippen molar-refractivity contribution in [2.24, 2.45) is 0 Å². The Hall–Kier alpha value is -2.84. The first-order chi connectivity index (χ1) is 11.9. The number of benzene rings is 1. The summed E-state index contributed by atoms with van der Waals surface area (Å²) in [6.45, 7) is 0.705. The van der Waals surface area contributed by atoms with Crippen LogP contribution in [0.1, 0.15) is 16.8 Å². The van der Waals surface area contributed by atoms with Gasteiger partial charge in [-0.15, -0.1) is 0 Å². The molecule has 0 bridgehead atoms. The van der Waals surface area contributed by atoms with Crippen LogP contribution >= 0.6 is 0 Å². The molecule has 0 saturated heterocycles. The summed E-state index contributed by atoms with van der Waals surface area (Å²) in [5, 5.41) is 0.905. The van der Waals surface area contributed by atoms with Crippen LogP contribution in [0.25, 0.3) is 11.0 Å². The highest BCUT2D eigenvalue weighted by Crippen LogP contribution is 2.22. The van der Waals surface area contributed by atoms with E-state index in [0.29, 0.717) is 12.2 Å². The summed E-state index contributed by atoms with van der Waals surface area (Å²) in [6.07, 6.45) is 0. The lowest BCUT2D eigenvalue weighted by molar-refractivity contribution is 0.403. The van der Waals surface area contributed by atoms with Gasteiger partial charge in [-0.3, -0.25) is 0 Å². The van der Waals surface area contributed by atoms with Crippen LogP contribution in [-0.2, 0) is 6.54 Å². The number of anilines is 1. The maximum atomic E-state index is 13.4. The van der Waals surface area contributed by atoms with Gasteiger partial charge in [0.25, 0.3) is 0 Å². The average Bonchev–Trinajstić information content (AvgIpc) is 2.89. The van der Waals surface area contributed by atoms with Crippen LogP contribution in [0.5, 0.6) is 0 Å². The Morgan fingerprint density at radius 1 is 1.00 bits per heavy atom. The van der Waals surface area contributed by atoms with Gasteiger partial charge in [-0.2, -0.15) is 4.39 Å². The summed E-state index contributed by atoms with van der Waals surface area (Å²) in [5.41, 5.74) is 4.40. The third-order valence-corrected chi connectivity index (χ3v) is 3.92. The minimum absolute atomic E-state index is 0.496. The van der Waals surface area contributed by atoms with Crippen molar-refractivity contribution in [3.63, 3.8) is 0 Å². The molecule has 0 aliphatic carbocycles. The van der Waals surface area contributed by atoms with Crippen molar-refractivity contribution in [2.75, 3.05) is 33.1 Å². The van der Waals surface area contributed by atoms with Crippen molar-refractivity contribution in [2.45, 2.75) is 6.54 Å². The molecule has 0 aliphatic heterocycles. The molecule has 3 rings (SSSR count). The molecule has 0 atom stereocenters. The third-order valence-electron chi connectivity index (χ3n) is 3.92. The second-order valence-electron chi connectivity index (χ2n) is 6.44. The van der Waals surface area contributed by atoms with Gasteiger partial charge in [-0.05, 0) is 56.4 Å². The monoisotopic (exact) mass is 336 g/mol. The van der Waals surface area contributed by atoms with Crippen LogP contribution in [0.2, 0.25) is 0 Å². The van der Waals surface area contributed by atoms with Crippen molar-refractivity contribution in [1.82, 2.24) is 14.9 Å². The first kappa shape index (κ1) is 17.0. The molecule has 5 heteroatoms. The maximum Gasteiger partial charge on any atom is 0.214 e. The third kappa shape index (κ3) is 3.81. The van der Waals surface area contributed by atoms with Crippen molar-refractivity contribution >= 4 is 16.7 Å². The Morgan fingerprint density at radius 3 is 2.36 bits per heavy atom. The van der Waals surface area contributed by atoms with E-state index < -0.39 is 5.95 Å². The van der Waals surface area contributed by atoms with Gasteiger partial charge >= 0.3 is 0 Å². The number of rotatable bonds is 3. The molecule has 1 aromatic carbocycles. The van der Waals surface area contributed by atoms with Gasteiger partial charge in [-0.1, -0.05) is 5.92 Å². The van der Waals surface area contributed by atoms with E-state index in [4.69, 9.17) is 0 Å². The van der Waals surface area contributed by atoms with E-state index in [1.54, 1.807) is 6.07 Å². The van der Waals surface area contributed by atoms with E-state index >= 15 is 0 Å². The topological polar surface area (TPSA) is 35.2 Å². The van der Waals surface area contributed by atoms with Gasteiger partial charge in [-0.25, -0.2) is 4.98 Å². The zero-order valence-corrected chi connectivity index (χ0v) is 14.9. The highest BCUT2D eigenvalue weighted by molar-refractivity contribution is 5.82. The van der Waals surface area contributed by atoms with Crippen LogP contribution in [0.3, 0.4) is 0 Å². The Bertz CT molecular complexity index is 943. The van der Waals surface area contributed by atoms with Crippen molar-refractivity contribution in [3.8, 4) is 11.8 Å². The first-order valence-electron chi connectivity index (χ1n) is 8.05. The molecule has 2 aromatic heterocycles. The number of aromatic nitrogens is 2. The van der Waals surface area contributed by atoms with Gasteiger partial charge in [0.15, 0.2) is 0 Å². The molecule has 0 spiro atoms. The quantitative estimate of drug-likeness (QED) is 0.589. The zero-order chi connectivity index (χ0) is 18.0. The van der Waals surface area contributed by atoms with E-state index in [1.807, 2.05) is 57.4 Å². The first-order valence-corrected chi connectivity index (χ1v) is 8.05. The summed E-state index contributed by atoms with van der Waals surface area (Å²) < 4.78 is 13.4. The summed E-state index contributed by atoms with van der Waals surface area (Å²) in [7, 11) is 8.00. The van der Waals surface area contributed by atoms with E-state index in [1.165, 1.54) is 6.07 Å². The normalized spacial score (nSPS) is 10.8. The molecule has 0 aliphatic rings. The highest BCUT2D eigenvalue weighted by atomic mass is 19.1. The summed E-state index contributed by atoms with van der Waals surface area (Å²) in [5.74, 6) is 5.86. The molecular weight excluding hydrogens is 315 g/mol. The zero-order valence-electron chi connectivity index (χ0n) is 14.9.